The van der Waals surface area contributed by atoms with E-state index < -0.39 is 0 Å². The summed E-state index contributed by atoms with van der Waals surface area (Å²) < 4.78 is 2.96. The molecule has 0 bridgehead atoms. The molecular formula is C38H22N2Se. The number of fused-ring (bicyclic) bond motifs is 11. The minimum absolute atomic E-state index is 0.336. The second-order valence-corrected chi connectivity index (χ2v) is 12.8. The van der Waals surface area contributed by atoms with Gasteiger partial charge in [-0.25, -0.2) is 0 Å². The summed E-state index contributed by atoms with van der Waals surface area (Å²) in [6, 6.07) is 47.9. The van der Waals surface area contributed by atoms with E-state index in [0.29, 0.717) is 14.5 Å². The van der Waals surface area contributed by atoms with Crippen molar-refractivity contribution in [1.82, 2.24) is 9.97 Å². The predicted octanol–water partition coefficient (Wildman–Crippen LogP) is 9.79. The van der Waals surface area contributed by atoms with Crippen molar-refractivity contribution in [3.63, 3.8) is 0 Å². The van der Waals surface area contributed by atoms with E-state index in [1.807, 2.05) is 30.3 Å². The SMILES string of the molecule is c1ccc(-c2nc3ccccc3nc2-c2ccc3c(c2)c2ccccc2c2c3ccc3[se]c4ccccc4c32)cc1. The number of nitrogens with zero attached hydrogens (tertiary/aromatic N) is 2. The Morgan fingerprint density at radius 2 is 0.951 bits per heavy atom. The number of hydrogen-bond donors (Lipinski definition) is 0. The Labute approximate surface area is 242 Å². The molecule has 0 spiro atoms. The molecule has 41 heavy (non-hydrogen) atoms. The Balaban J connectivity index is 1.40. The van der Waals surface area contributed by atoms with Gasteiger partial charge >= 0.3 is 207 Å². The van der Waals surface area contributed by atoms with Crippen LogP contribution in [0.4, 0.5) is 0 Å². The van der Waals surface area contributed by atoms with Crippen LogP contribution in [0.5, 0.6) is 0 Å². The van der Waals surface area contributed by atoms with E-state index in [-0.39, 0.29) is 0 Å². The Bertz CT molecular complexity index is 2450. The Morgan fingerprint density at radius 1 is 0.366 bits per heavy atom. The van der Waals surface area contributed by atoms with Gasteiger partial charge in [0, 0.05) is 0 Å². The van der Waals surface area contributed by atoms with Gasteiger partial charge in [-0.3, -0.25) is 0 Å². The molecular weight excluding hydrogens is 563 g/mol. The third kappa shape index (κ3) is 3.44. The van der Waals surface area contributed by atoms with Gasteiger partial charge < -0.3 is 0 Å². The molecule has 0 radical (unpaired) electrons. The van der Waals surface area contributed by atoms with Crippen molar-refractivity contribution in [3.8, 4) is 22.5 Å². The fourth-order valence-corrected chi connectivity index (χ4v) is 8.74. The molecule has 7 aromatic carbocycles. The van der Waals surface area contributed by atoms with Gasteiger partial charge in [0.15, 0.2) is 0 Å². The van der Waals surface area contributed by atoms with Crippen LogP contribution >= 0.6 is 0 Å². The van der Waals surface area contributed by atoms with Gasteiger partial charge in [0.05, 0.1) is 0 Å². The molecule has 0 aliphatic heterocycles. The van der Waals surface area contributed by atoms with Crippen molar-refractivity contribution in [2.24, 2.45) is 0 Å². The van der Waals surface area contributed by atoms with Gasteiger partial charge in [0.2, 0.25) is 0 Å². The van der Waals surface area contributed by atoms with E-state index in [0.717, 1.165) is 33.5 Å². The molecule has 190 valence electrons. The first-order valence-electron chi connectivity index (χ1n) is 13.8. The van der Waals surface area contributed by atoms with Gasteiger partial charge in [-0.2, -0.15) is 0 Å². The molecule has 0 aliphatic rings. The van der Waals surface area contributed by atoms with Crippen LogP contribution in [-0.4, -0.2) is 24.5 Å². The summed E-state index contributed by atoms with van der Waals surface area (Å²) >= 11 is 0.336. The van der Waals surface area contributed by atoms with Gasteiger partial charge in [-0.15, -0.1) is 0 Å². The van der Waals surface area contributed by atoms with Crippen LogP contribution in [0.1, 0.15) is 0 Å². The predicted molar refractivity (Wildman–Crippen MR) is 175 cm³/mol. The summed E-state index contributed by atoms with van der Waals surface area (Å²) in [5.74, 6) is 0. The van der Waals surface area contributed by atoms with Crippen LogP contribution in [0.2, 0.25) is 0 Å². The summed E-state index contributed by atoms with van der Waals surface area (Å²) in [5, 5.41) is 10.6. The molecule has 9 aromatic rings. The molecule has 2 nitrogen and oxygen atoms in total. The van der Waals surface area contributed by atoms with Crippen LogP contribution in [0.15, 0.2) is 133 Å². The minimum atomic E-state index is 0.336. The second-order valence-electron chi connectivity index (χ2n) is 10.5. The van der Waals surface area contributed by atoms with Crippen LogP contribution in [0.25, 0.3) is 85.2 Å². The fourth-order valence-electron chi connectivity index (χ4n) is 6.40. The van der Waals surface area contributed by atoms with E-state index in [2.05, 4.69) is 103 Å². The van der Waals surface area contributed by atoms with Crippen molar-refractivity contribution in [1.29, 1.82) is 0 Å². The average Bonchev–Trinajstić information content (AvgIpc) is 3.43. The Hall–Kier alpha value is -4.82. The van der Waals surface area contributed by atoms with Gasteiger partial charge in [0.1, 0.15) is 0 Å². The van der Waals surface area contributed by atoms with E-state index >= 15 is 0 Å². The van der Waals surface area contributed by atoms with Crippen molar-refractivity contribution < 1.29 is 0 Å². The molecule has 0 unspecified atom stereocenters. The van der Waals surface area contributed by atoms with E-state index in [9.17, 15) is 0 Å². The number of para-hydroxylation sites is 2. The quantitative estimate of drug-likeness (QED) is 0.149. The maximum atomic E-state index is 5.18. The summed E-state index contributed by atoms with van der Waals surface area (Å²) in [6.07, 6.45) is 0. The third-order valence-corrected chi connectivity index (χ3v) is 10.6. The molecule has 0 amide bonds. The molecule has 2 heterocycles. The second kappa shape index (κ2) is 8.84. The molecule has 0 saturated carbocycles. The zero-order valence-electron chi connectivity index (χ0n) is 22.0. The zero-order valence-corrected chi connectivity index (χ0v) is 23.7. The first kappa shape index (κ1) is 22.9. The third-order valence-electron chi connectivity index (χ3n) is 8.23. The van der Waals surface area contributed by atoms with Crippen molar-refractivity contribution in [2.45, 2.75) is 0 Å². The normalized spacial score (nSPS) is 11.9. The molecule has 0 N–H and O–H groups in total. The van der Waals surface area contributed by atoms with Crippen molar-refractivity contribution in [2.75, 3.05) is 0 Å². The maximum absolute atomic E-state index is 5.18. The first-order valence-corrected chi connectivity index (χ1v) is 15.6. The average molecular weight is 586 g/mol. The molecule has 0 atom stereocenters. The van der Waals surface area contributed by atoms with E-state index in [4.69, 9.17) is 9.97 Å². The van der Waals surface area contributed by atoms with E-state index in [1.165, 1.54) is 51.6 Å². The van der Waals surface area contributed by atoms with Crippen molar-refractivity contribution >= 4 is 77.1 Å². The Morgan fingerprint density at radius 3 is 1.76 bits per heavy atom. The van der Waals surface area contributed by atoms with Gasteiger partial charge in [-0.05, 0) is 6.07 Å². The topological polar surface area (TPSA) is 25.8 Å². The van der Waals surface area contributed by atoms with E-state index in [1.54, 1.807) is 0 Å². The molecule has 0 aliphatic carbocycles. The number of benzene rings is 7. The summed E-state index contributed by atoms with van der Waals surface area (Å²) in [6.45, 7) is 0. The first-order chi connectivity index (χ1) is 20.3. The summed E-state index contributed by atoms with van der Waals surface area (Å²) in [5.41, 5.74) is 5.77. The summed E-state index contributed by atoms with van der Waals surface area (Å²) in [4.78, 5) is 10.3. The molecule has 0 saturated heterocycles. The van der Waals surface area contributed by atoms with Crippen LogP contribution in [-0.2, 0) is 0 Å². The fraction of sp³-hybridized carbons (Fsp3) is 0. The number of aromatic nitrogens is 2. The van der Waals surface area contributed by atoms with Crippen LogP contribution in [0.3, 0.4) is 0 Å². The van der Waals surface area contributed by atoms with Gasteiger partial charge in [-0.1, -0.05) is 30.3 Å². The molecule has 2 aromatic heterocycles. The van der Waals surface area contributed by atoms with Crippen LogP contribution in [0, 0.1) is 0 Å². The number of hydrogen-bond acceptors (Lipinski definition) is 2. The molecule has 9 rings (SSSR count). The van der Waals surface area contributed by atoms with Crippen molar-refractivity contribution in [3.05, 3.63) is 133 Å². The Kier molecular flexibility index (Phi) is 4.95. The number of rotatable bonds is 2. The van der Waals surface area contributed by atoms with Gasteiger partial charge in [0.25, 0.3) is 0 Å². The smallest absolute Gasteiger partial charge is 0.0616 e. The standard InChI is InChI=1S/C38H22N2Se/c1-2-10-23(11-3-1)37-38(40-32-16-8-7-15-31(32)39-37)24-18-19-26-28-20-21-34-36(29-14-6-9-17-33(29)41-34)35(28)27-13-5-4-12-25(27)30(26)22-24/h1-22H. The molecule has 0 fully saturated rings. The summed E-state index contributed by atoms with van der Waals surface area (Å²) in [7, 11) is 0. The zero-order chi connectivity index (χ0) is 26.9. The monoisotopic (exact) mass is 586 g/mol. The molecule has 3 heteroatoms. The van der Waals surface area contributed by atoms with Crippen LogP contribution < -0.4 is 0 Å². The minimum Gasteiger partial charge on any atom is -0.0616 e.